The maximum atomic E-state index is 14.2. The number of hydrogen-bond acceptors (Lipinski definition) is 8. The number of halogens is 2. The zero-order valence-electron chi connectivity index (χ0n) is 19.2. The molecule has 2 aliphatic heterocycles. The van der Waals surface area contributed by atoms with Gasteiger partial charge in [-0.3, -0.25) is 9.59 Å². The minimum Gasteiger partial charge on any atom is -0.458 e. The molecule has 0 unspecified atom stereocenters. The van der Waals surface area contributed by atoms with Crippen molar-refractivity contribution >= 4 is 22.8 Å². The van der Waals surface area contributed by atoms with E-state index in [1.807, 2.05) is 0 Å². The topological polar surface area (TPSA) is 146 Å². The van der Waals surface area contributed by atoms with Gasteiger partial charge >= 0.3 is 5.97 Å². The minimum atomic E-state index is -2.00. The Morgan fingerprint density at radius 2 is 2.03 bits per heavy atom. The van der Waals surface area contributed by atoms with E-state index >= 15 is 0 Å². The number of hydrogen-bond donors (Lipinski definition) is 3. The van der Waals surface area contributed by atoms with Gasteiger partial charge in [-0.05, 0) is 24.1 Å². The molecule has 36 heavy (non-hydrogen) atoms. The number of aliphatic hydroxyl groups is 1. The number of amides is 1. The Labute approximate surface area is 202 Å². The Bertz CT molecular complexity index is 1500. The lowest BCUT2D eigenvalue weighted by atomic mass is 9.86. The lowest BCUT2D eigenvalue weighted by Crippen LogP contribution is -2.44. The monoisotopic (exact) mass is 500 g/mol. The molecule has 0 saturated heterocycles. The third kappa shape index (κ3) is 3.56. The first kappa shape index (κ1) is 24.0. The molecule has 5 rings (SSSR count). The van der Waals surface area contributed by atoms with Crippen molar-refractivity contribution in [1.29, 1.82) is 0 Å². The molecule has 188 valence electrons. The number of aromatic nitrogens is 2. The van der Waals surface area contributed by atoms with Crippen molar-refractivity contribution < 1.29 is 33.0 Å². The first-order valence-corrected chi connectivity index (χ1v) is 11.2. The second-order valence-corrected chi connectivity index (χ2v) is 8.60. The predicted octanol–water partition coefficient (Wildman–Crippen LogP) is 0.907. The van der Waals surface area contributed by atoms with Crippen LogP contribution in [0.4, 0.5) is 8.78 Å². The largest absolute Gasteiger partial charge is 0.458 e. The normalized spacial score (nSPS) is 18.0. The molecule has 0 saturated carbocycles. The SMILES string of the molecule is CC[C@@]1(O)C(=O)OCc2c1cc1n(c2=O)Cc2c-1nc1cc(F)c(F)cc1c2COCNC(=O)CN. The van der Waals surface area contributed by atoms with Crippen molar-refractivity contribution in [3.8, 4) is 11.4 Å². The summed E-state index contributed by atoms with van der Waals surface area (Å²) >= 11 is 0. The van der Waals surface area contributed by atoms with Gasteiger partial charge in [-0.15, -0.1) is 0 Å². The highest BCUT2D eigenvalue weighted by molar-refractivity contribution is 5.89. The summed E-state index contributed by atoms with van der Waals surface area (Å²) < 4.78 is 40.3. The zero-order valence-corrected chi connectivity index (χ0v) is 19.2. The van der Waals surface area contributed by atoms with E-state index in [4.69, 9.17) is 15.2 Å². The summed E-state index contributed by atoms with van der Waals surface area (Å²) in [6.45, 7) is 0.847. The number of rotatable bonds is 6. The van der Waals surface area contributed by atoms with Gasteiger partial charge in [-0.1, -0.05) is 6.92 Å². The maximum absolute atomic E-state index is 14.2. The molecule has 2 aliphatic rings. The molecule has 12 heteroatoms. The number of cyclic esters (lactones) is 1. The van der Waals surface area contributed by atoms with Crippen molar-refractivity contribution in [1.82, 2.24) is 14.9 Å². The van der Waals surface area contributed by atoms with Crippen LogP contribution in [0.2, 0.25) is 0 Å². The van der Waals surface area contributed by atoms with Gasteiger partial charge < -0.3 is 30.2 Å². The predicted molar refractivity (Wildman–Crippen MR) is 121 cm³/mol. The Kier molecular flexibility index (Phi) is 5.81. The number of benzene rings is 1. The highest BCUT2D eigenvalue weighted by atomic mass is 19.2. The summed E-state index contributed by atoms with van der Waals surface area (Å²) in [6.07, 6.45) is -0.0160. The molecule has 0 bridgehead atoms. The number of carbonyl (C=O) groups excluding carboxylic acids is 2. The van der Waals surface area contributed by atoms with Crippen LogP contribution in [0.3, 0.4) is 0 Å². The Hall–Kier alpha value is -3.74. The molecule has 1 amide bonds. The van der Waals surface area contributed by atoms with Gasteiger partial charge in [-0.25, -0.2) is 18.6 Å². The van der Waals surface area contributed by atoms with Gasteiger partial charge in [0.1, 0.15) is 13.3 Å². The fourth-order valence-corrected chi connectivity index (χ4v) is 4.68. The van der Waals surface area contributed by atoms with Crippen LogP contribution >= 0.6 is 0 Å². The van der Waals surface area contributed by atoms with E-state index in [1.54, 1.807) is 6.92 Å². The average molecular weight is 500 g/mol. The fourth-order valence-electron chi connectivity index (χ4n) is 4.68. The van der Waals surface area contributed by atoms with Gasteiger partial charge in [-0.2, -0.15) is 0 Å². The second kappa shape index (κ2) is 8.73. The highest BCUT2D eigenvalue weighted by Gasteiger charge is 2.45. The molecular weight excluding hydrogens is 478 g/mol. The summed E-state index contributed by atoms with van der Waals surface area (Å²) in [4.78, 5) is 41.7. The van der Waals surface area contributed by atoms with Gasteiger partial charge in [0.05, 0.1) is 42.2 Å². The smallest absolute Gasteiger partial charge is 0.343 e. The Morgan fingerprint density at radius 3 is 2.75 bits per heavy atom. The number of fused-ring (bicyclic) bond motifs is 5. The Balaban J connectivity index is 1.68. The van der Waals surface area contributed by atoms with E-state index in [0.717, 1.165) is 12.1 Å². The number of nitrogens with two attached hydrogens (primary N) is 1. The van der Waals surface area contributed by atoms with Crippen LogP contribution in [0.25, 0.3) is 22.3 Å². The number of nitrogens with one attached hydrogen (secondary N) is 1. The summed E-state index contributed by atoms with van der Waals surface area (Å²) in [5.74, 6) is -3.45. The maximum Gasteiger partial charge on any atom is 0.343 e. The van der Waals surface area contributed by atoms with E-state index in [-0.39, 0.29) is 61.5 Å². The summed E-state index contributed by atoms with van der Waals surface area (Å²) in [7, 11) is 0. The standard InChI is InChI=1S/C24H22F2N4O6/c1-2-24(34)15-4-19-21-12(7-30(19)22(32)14(15)9-36-23(24)33)13(8-35-10-28-20(31)6-27)11-3-16(25)17(26)5-18(11)29-21/h3-5,34H,2,6-10,27H2,1H3,(H,28,31)/t24-/m0/s1. The van der Waals surface area contributed by atoms with Crippen LogP contribution in [0.5, 0.6) is 0 Å². The molecule has 0 aliphatic carbocycles. The number of carbonyl (C=O) groups is 2. The first-order chi connectivity index (χ1) is 17.2. The molecule has 0 fully saturated rings. The zero-order chi connectivity index (χ0) is 25.8. The molecule has 1 atom stereocenters. The number of ether oxygens (including phenoxy) is 2. The van der Waals surface area contributed by atoms with Gasteiger partial charge in [0, 0.05) is 22.6 Å². The van der Waals surface area contributed by atoms with Crippen LogP contribution in [-0.4, -0.2) is 39.8 Å². The number of esters is 1. The molecule has 0 spiro atoms. The molecular formula is C24H22F2N4O6. The molecule has 4 heterocycles. The van der Waals surface area contributed by atoms with Crippen molar-refractivity contribution in [2.45, 2.75) is 38.7 Å². The van der Waals surface area contributed by atoms with Gasteiger partial charge in [0.25, 0.3) is 5.56 Å². The number of pyridine rings is 2. The molecule has 3 aromatic rings. The van der Waals surface area contributed by atoms with Crippen molar-refractivity contribution in [3.05, 3.63) is 62.4 Å². The summed E-state index contributed by atoms with van der Waals surface area (Å²) in [5, 5.41) is 13.7. The van der Waals surface area contributed by atoms with Gasteiger partial charge in [0.15, 0.2) is 17.2 Å². The van der Waals surface area contributed by atoms with E-state index in [1.165, 1.54) is 10.6 Å². The quantitative estimate of drug-likeness (QED) is 0.201. The third-order valence-corrected chi connectivity index (χ3v) is 6.65. The van der Waals surface area contributed by atoms with Crippen molar-refractivity contribution in [3.63, 3.8) is 0 Å². The van der Waals surface area contributed by atoms with E-state index in [0.29, 0.717) is 22.5 Å². The van der Waals surface area contributed by atoms with E-state index < -0.39 is 34.7 Å². The first-order valence-electron chi connectivity index (χ1n) is 11.2. The lowest BCUT2D eigenvalue weighted by molar-refractivity contribution is -0.172. The summed E-state index contributed by atoms with van der Waals surface area (Å²) in [6, 6.07) is 3.48. The fraction of sp³-hybridized carbons (Fsp3) is 0.333. The second-order valence-electron chi connectivity index (χ2n) is 8.60. The molecule has 10 nitrogen and oxygen atoms in total. The molecule has 2 aromatic heterocycles. The van der Waals surface area contributed by atoms with Crippen molar-refractivity contribution in [2.24, 2.45) is 5.73 Å². The van der Waals surface area contributed by atoms with Gasteiger partial charge in [0.2, 0.25) is 5.91 Å². The summed E-state index contributed by atoms with van der Waals surface area (Å²) in [5.41, 5.74) is 4.84. The molecule has 1 aromatic carbocycles. The molecule has 4 N–H and O–H groups in total. The van der Waals surface area contributed by atoms with Crippen LogP contribution < -0.4 is 16.6 Å². The molecule has 0 radical (unpaired) electrons. The highest BCUT2D eigenvalue weighted by Crippen LogP contribution is 2.40. The lowest BCUT2D eigenvalue weighted by Gasteiger charge is -2.31. The van der Waals surface area contributed by atoms with Crippen LogP contribution in [0.15, 0.2) is 23.0 Å². The van der Waals surface area contributed by atoms with E-state index in [2.05, 4.69) is 10.3 Å². The van der Waals surface area contributed by atoms with Crippen LogP contribution in [0.1, 0.15) is 35.6 Å². The minimum absolute atomic E-state index is 0.0160. The van der Waals surface area contributed by atoms with Crippen LogP contribution in [0, 0.1) is 11.6 Å². The number of nitrogens with zero attached hydrogens (tertiary/aromatic N) is 2. The van der Waals surface area contributed by atoms with Crippen LogP contribution in [-0.2, 0) is 44.4 Å². The average Bonchev–Trinajstić information content (AvgIpc) is 3.23. The van der Waals surface area contributed by atoms with E-state index in [9.17, 15) is 28.3 Å². The van der Waals surface area contributed by atoms with Crippen molar-refractivity contribution in [2.75, 3.05) is 13.3 Å². The third-order valence-electron chi connectivity index (χ3n) is 6.65. The Morgan fingerprint density at radius 1 is 1.28 bits per heavy atom.